The number of carbonyl (C=O) groups is 1. The van der Waals surface area contributed by atoms with Gasteiger partial charge in [0, 0.05) is 17.5 Å². The van der Waals surface area contributed by atoms with Gasteiger partial charge in [-0.15, -0.1) is 11.3 Å². The molecule has 6 heteroatoms. The standard InChI is InChI=1S/C18H29N3O2S/c22-18(16-5-3-1-2-4-6-16)21(15-17-19-7-14-24-17)9-8-20-10-12-23-13-11-20/h7,14,16H,1-6,8-13,15H2/p+1. The summed E-state index contributed by atoms with van der Waals surface area (Å²) >= 11 is 1.65. The number of thiazole rings is 1. The molecule has 1 N–H and O–H groups in total. The van der Waals surface area contributed by atoms with Gasteiger partial charge in [-0.1, -0.05) is 25.7 Å². The molecule has 2 aliphatic rings. The van der Waals surface area contributed by atoms with Crippen LogP contribution in [0.25, 0.3) is 0 Å². The normalized spacial score (nSPS) is 20.7. The van der Waals surface area contributed by atoms with Gasteiger partial charge in [-0.25, -0.2) is 4.98 Å². The van der Waals surface area contributed by atoms with Crippen LogP contribution in [0, 0.1) is 5.92 Å². The highest BCUT2D eigenvalue weighted by Gasteiger charge is 2.27. The van der Waals surface area contributed by atoms with Crippen molar-refractivity contribution in [2.75, 3.05) is 39.4 Å². The summed E-state index contributed by atoms with van der Waals surface area (Å²) in [5.74, 6) is 0.590. The lowest BCUT2D eigenvalue weighted by Gasteiger charge is -2.29. The highest BCUT2D eigenvalue weighted by molar-refractivity contribution is 7.09. The summed E-state index contributed by atoms with van der Waals surface area (Å²) in [6.07, 6.45) is 8.95. The van der Waals surface area contributed by atoms with E-state index in [1.54, 1.807) is 16.2 Å². The number of morpholine rings is 1. The van der Waals surface area contributed by atoms with Crippen molar-refractivity contribution in [2.24, 2.45) is 5.92 Å². The number of quaternary nitrogens is 1. The number of nitrogens with zero attached hydrogens (tertiary/aromatic N) is 2. The lowest BCUT2D eigenvalue weighted by molar-refractivity contribution is -0.907. The van der Waals surface area contributed by atoms with Gasteiger partial charge in [-0.3, -0.25) is 4.79 Å². The highest BCUT2D eigenvalue weighted by Crippen LogP contribution is 2.25. The van der Waals surface area contributed by atoms with Crippen LogP contribution in [0.3, 0.4) is 0 Å². The molecule has 1 aliphatic heterocycles. The van der Waals surface area contributed by atoms with Gasteiger partial charge in [0.05, 0.1) is 32.8 Å². The van der Waals surface area contributed by atoms with Crippen molar-refractivity contribution >= 4 is 17.2 Å². The molecular formula is C18H30N3O2S+. The number of carbonyl (C=O) groups excluding carboxylic acids is 1. The largest absolute Gasteiger partial charge is 0.370 e. The molecule has 1 aromatic heterocycles. The molecule has 0 unspecified atom stereocenters. The molecule has 24 heavy (non-hydrogen) atoms. The van der Waals surface area contributed by atoms with Gasteiger partial charge < -0.3 is 14.5 Å². The minimum Gasteiger partial charge on any atom is -0.370 e. The predicted molar refractivity (Wildman–Crippen MR) is 95.1 cm³/mol. The monoisotopic (exact) mass is 352 g/mol. The van der Waals surface area contributed by atoms with Crippen molar-refractivity contribution in [3.05, 3.63) is 16.6 Å². The van der Waals surface area contributed by atoms with Gasteiger partial charge in [0.1, 0.15) is 18.1 Å². The average molecular weight is 353 g/mol. The summed E-state index contributed by atoms with van der Waals surface area (Å²) in [4.78, 5) is 21.1. The second-order valence-corrected chi connectivity index (χ2v) is 7.97. The topological polar surface area (TPSA) is 46.9 Å². The van der Waals surface area contributed by atoms with Gasteiger partial charge in [-0.05, 0) is 12.8 Å². The van der Waals surface area contributed by atoms with E-state index in [0.717, 1.165) is 57.2 Å². The van der Waals surface area contributed by atoms with Crippen LogP contribution in [0.15, 0.2) is 11.6 Å². The molecule has 1 aromatic rings. The van der Waals surface area contributed by atoms with E-state index in [4.69, 9.17) is 4.74 Å². The number of hydrogen-bond acceptors (Lipinski definition) is 4. The third-order valence-corrected chi connectivity index (χ3v) is 6.03. The maximum absolute atomic E-state index is 13.1. The van der Waals surface area contributed by atoms with Crippen LogP contribution >= 0.6 is 11.3 Å². The fourth-order valence-electron chi connectivity index (χ4n) is 3.75. The summed E-state index contributed by atoms with van der Waals surface area (Å²) in [5, 5.41) is 3.05. The van der Waals surface area contributed by atoms with Crippen LogP contribution in [-0.4, -0.2) is 55.2 Å². The van der Waals surface area contributed by atoms with Crippen molar-refractivity contribution in [2.45, 2.75) is 45.1 Å². The van der Waals surface area contributed by atoms with Crippen LogP contribution < -0.4 is 4.90 Å². The highest BCUT2D eigenvalue weighted by atomic mass is 32.1. The predicted octanol–water partition coefficient (Wildman–Crippen LogP) is 1.36. The lowest BCUT2D eigenvalue weighted by Crippen LogP contribution is -3.14. The molecule has 3 rings (SSSR count). The minimum atomic E-state index is 0.229. The van der Waals surface area contributed by atoms with Crippen LogP contribution in [-0.2, 0) is 16.1 Å². The summed E-state index contributed by atoms with van der Waals surface area (Å²) < 4.78 is 5.44. The van der Waals surface area contributed by atoms with E-state index in [9.17, 15) is 4.79 Å². The Balaban J connectivity index is 1.60. The first-order valence-electron chi connectivity index (χ1n) is 9.41. The SMILES string of the molecule is O=C(C1CCCCCC1)N(CC[NH+]1CCOCC1)Cc1nccs1. The number of nitrogens with one attached hydrogen (secondary N) is 1. The maximum atomic E-state index is 13.1. The molecule has 1 saturated carbocycles. The fourth-order valence-corrected chi connectivity index (χ4v) is 4.38. The van der Waals surface area contributed by atoms with Crippen molar-refractivity contribution < 1.29 is 14.4 Å². The lowest BCUT2D eigenvalue weighted by atomic mass is 9.98. The van der Waals surface area contributed by atoms with E-state index in [-0.39, 0.29) is 5.92 Å². The van der Waals surface area contributed by atoms with Crippen LogP contribution in [0.4, 0.5) is 0 Å². The second-order valence-electron chi connectivity index (χ2n) is 6.99. The smallest absolute Gasteiger partial charge is 0.226 e. The number of rotatable bonds is 6. The molecular weight excluding hydrogens is 322 g/mol. The number of amides is 1. The van der Waals surface area contributed by atoms with E-state index in [2.05, 4.69) is 9.88 Å². The van der Waals surface area contributed by atoms with Crippen molar-refractivity contribution in [3.8, 4) is 0 Å². The summed E-state index contributed by atoms with van der Waals surface area (Å²) in [6, 6.07) is 0. The molecule has 5 nitrogen and oxygen atoms in total. The quantitative estimate of drug-likeness (QED) is 0.787. The Kier molecular flexibility index (Phi) is 7.05. The molecule has 0 bridgehead atoms. The third kappa shape index (κ3) is 5.26. The Bertz CT molecular complexity index is 480. The van der Waals surface area contributed by atoms with E-state index in [1.807, 2.05) is 11.6 Å². The van der Waals surface area contributed by atoms with Crippen molar-refractivity contribution in [1.82, 2.24) is 9.88 Å². The van der Waals surface area contributed by atoms with Gasteiger partial charge >= 0.3 is 0 Å². The molecule has 0 atom stereocenters. The third-order valence-electron chi connectivity index (χ3n) is 5.26. The zero-order valence-electron chi connectivity index (χ0n) is 14.5. The second kappa shape index (κ2) is 9.49. The van der Waals surface area contributed by atoms with Crippen LogP contribution in [0.2, 0.25) is 0 Å². The molecule has 0 aromatic carbocycles. The van der Waals surface area contributed by atoms with Gasteiger partial charge in [-0.2, -0.15) is 0 Å². The van der Waals surface area contributed by atoms with E-state index in [1.165, 1.54) is 25.7 Å². The van der Waals surface area contributed by atoms with Gasteiger partial charge in [0.2, 0.25) is 5.91 Å². The average Bonchev–Trinajstić information content (AvgIpc) is 2.98. The first-order valence-corrected chi connectivity index (χ1v) is 10.3. The van der Waals surface area contributed by atoms with Gasteiger partial charge in [0.15, 0.2) is 0 Å². The molecule has 2 heterocycles. The molecule has 134 valence electrons. The first-order chi connectivity index (χ1) is 11.8. The molecule has 0 radical (unpaired) electrons. The van der Waals surface area contributed by atoms with E-state index in [0.29, 0.717) is 12.5 Å². The van der Waals surface area contributed by atoms with E-state index < -0.39 is 0 Å². The number of ether oxygens (including phenoxy) is 1. The van der Waals surface area contributed by atoms with Crippen LogP contribution in [0.1, 0.15) is 43.5 Å². The minimum absolute atomic E-state index is 0.229. The fraction of sp³-hybridized carbons (Fsp3) is 0.778. The first kappa shape index (κ1) is 17.8. The zero-order chi connectivity index (χ0) is 16.6. The Morgan fingerprint density at radius 1 is 1.25 bits per heavy atom. The van der Waals surface area contributed by atoms with Crippen molar-refractivity contribution in [3.63, 3.8) is 0 Å². The zero-order valence-corrected chi connectivity index (χ0v) is 15.4. The van der Waals surface area contributed by atoms with Gasteiger partial charge in [0.25, 0.3) is 0 Å². The Hall–Kier alpha value is -0.980. The molecule has 1 saturated heterocycles. The molecule has 0 spiro atoms. The summed E-state index contributed by atoms with van der Waals surface area (Å²) in [5.41, 5.74) is 0. The van der Waals surface area contributed by atoms with Crippen molar-refractivity contribution in [1.29, 1.82) is 0 Å². The molecule has 2 fully saturated rings. The number of hydrogen-bond donors (Lipinski definition) is 1. The number of aromatic nitrogens is 1. The summed E-state index contributed by atoms with van der Waals surface area (Å²) in [7, 11) is 0. The Labute approximate surface area is 149 Å². The maximum Gasteiger partial charge on any atom is 0.226 e. The molecule has 1 amide bonds. The summed E-state index contributed by atoms with van der Waals surface area (Å²) in [6.45, 7) is 6.34. The Morgan fingerprint density at radius 2 is 2.00 bits per heavy atom. The van der Waals surface area contributed by atoms with Crippen LogP contribution in [0.5, 0.6) is 0 Å². The molecule has 1 aliphatic carbocycles. The van der Waals surface area contributed by atoms with E-state index >= 15 is 0 Å². The Morgan fingerprint density at radius 3 is 2.67 bits per heavy atom.